The number of rotatable bonds is 22. The molecule has 3 rings (SSSR count). The minimum atomic E-state index is -1.67. The van der Waals surface area contributed by atoms with E-state index in [1.807, 2.05) is 19.9 Å². The third-order valence-corrected chi connectivity index (χ3v) is 8.69. The molecule has 0 saturated heterocycles. The van der Waals surface area contributed by atoms with Crippen molar-refractivity contribution in [3.8, 4) is 17.1 Å². The molecule has 0 spiro atoms. The normalized spacial score (nSPS) is 12.4. The smallest absolute Gasteiger partial charge is 0.363 e. The van der Waals surface area contributed by atoms with Crippen LogP contribution in [0.2, 0.25) is 0 Å². The molecule has 55 heavy (non-hydrogen) atoms. The third-order valence-electron chi connectivity index (χ3n) is 8.69. The number of carbonyl (C=O) groups excluding carboxylic acids is 5. The van der Waals surface area contributed by atoms with Gasteiger partial charge < -0.3 is 40.2 Å². The second-order valence-electron chi connectivity index (χ2n) is 12.7. The number of furan rings is 1. The lowest BCUT2D eigenvalue weighted by Gasteiger charge is -2.32. The lowest BCUT2D eigenvalue weighted by Crippen LogP contribution is -2.49. The first-order chi connectivity index (χ1) is 26.2. The highest BCUT2D eigenvalue weighted by atomic mass is 16.7. The van der Waals surface area contributed by atoms with Crippen LogP contribution in [0.25, 0.3) is 11.3 Å². The molecule has 0 bridgehead atoms. The number of nitrogens with one attached hydrogen (secondary N) is 3. The summed E-state index contributed by atoms with van der Waals surface area (Å²) in [5.41, 5.74) is 2.30. The summed E-state index contributed by atoms with van der Waals surface area (Å²) >= 11 is 0. The zero-order valence-electron chi connectivity index (χ0n) is 31.5. The van der Waals surface area contributed by atoms with Crippen LogP contribution in [-0.4, -0.2) is 82.7 Å². The first-order valence-electron chi connectivity index (χ1n) is 18.0. The number of carbonyl (C=O) groups is 7. The van der Waals surface area contributed by atoms with Gasteiger partial charge in [0.25, 0.3) is 11.8 Å². The van der Waals surface area contributed by atoms with Crippen molar-refractivity contribution in [1.29, 1.82) is 0 Å². The van der Waals surface area contributed by atoms with E-state index in [4.69, 9.17) is 19.1 Å². The Balaban J connectivity index is 1.70. The van der Waals surface area contributed by atoms with Crippen molar-refractivity contribution in [2.75, 3.05) is 13.3 Å². The van der Waals surface area contributed by atoms with Gasteiger partial charge >= 0.3 is 17.9 Å². The van der Waals surface area contributed by atoms with Crippen molar-refractivity contribution in [1.82, 2.24) is 21.0 Å². The van der Waals surface area contributed by atoms with Crippen LogP contribution < -0.4 is 20.7 Å². The molecule has 0 saturated carbocycles. The topological polar surface area (TPSA) is 231 Å². The molecular weight excluding hydrogens is 716 g/mol. The molecule has 3 atom stereocenters. The molecule has 1 heterocycles. The van der Waals surface area contributed by atoms with E-state index in [0.29, 0.717) is 42.4 Å². The first kappa shape index (κ1) is 43.2. The van der Waals surface area contributed by atoms with Crippen molar-refractivity contribution in [3.63, 3.8) is 0 Å². The molecular formula is C39H48N4O12. The highest BCUT2D eigenvalue weighted by molar-refractivity contribution is 6.00. The van der Waals surface area contributed by atoms with E-state index in [1.54, 1.807) is 32.9 Å². The van der Waals surface area contributed by atoms with Crippen LogP contribution in [0.3, 0.4) is 0 Å². The monoisotopic (exact) mass is 764 g/mol. The molecule has 5 N–H and O–H groups in total. The van der Waals surface area contributed by atoms with Gasteiger partial charge in [0.2, 0.25) is 12.3 Å². The Morgan fingerprint density at radius 2 is 1.62 bits per heavy atom. The third kappa shape index (κ3) is 12.2. The Labute approximate surface area is 318 Å². The number of benzene rings is 2. The number of amides is 4. The zero-order valence-corrected chi connectivity index (χ0v) is 31.5. The minimum Gasteiger partial charge on any atom is -0.493 e. The summed E-state index contributed by atoms with van der Waals surface area (Å²) in [6, 6.07) is 9.96. The second-order valence-corrected chi connectivity index (χ2v) is 12.7. The summed E-state index contributed by atoms with van der Waals surface area (Å²) in [5, 5.41) is 26.6. The molecule has 16 heteroatoms. The maximum absolute atomic E-state index is 13.5. The van der Waals surface area contributed by atoms with Gasteiger partial charge in [-0.2, -0.15) is 5.06 Å². The molecule has 0 aliphatic rings. The Bertz CT molecular complexity index is 1860. The number of unbranched alkanes of at least 4 members (excludes halogenated alkanes) is 2. The SMILES string of the molecule is CCCCC[C@@H](C(=O)NCNC(=O)c1ccc(-c2ccc(C(=O)N[C@@H](CC(=O)O)C(=O)O)c(OCC)c2)o1)[C@@H](CC)N(C=O)OC(=O)c1ccc(C)cc1C. The number of aryl methyl sites for hydroxylation is 2. The van der Waals surface area contributed by atoms with Crippen LogP contribution in [0.4, 0.5) is 0 Å². The fourth-order valence-corrected chi connectivity index (χ4v) is 5.90. The number of hydrogen-bond acceptors (Lipinski definition) is 10. The second kappa shape index (κ2) is 20.9. The van der Waals surface area contributed by atoms with E-state index in [0.717, 1.165) is 23.5 Å². The number of nitrogens with zero attached hydrogens (tertiary/aromatic N) is 1. The Hall–Kier alpha value is -6.19. The molecule has 2 aromatic carbocycles. The van der Waals surface area contributed by atoms with Gasteiger partial charge in [0.1, 0.15) is 17.6 Å². The molecule has 296 valence electrons. The molecule has 3 aromatic rings. The fourth-order valence-electron chi connectivity index (χ4n) is 5.90. The Kier molecular flexibility index (Phi) is 16.4. The maximum Gasteiger partial charge on any atom is 0.363 e. The highest BCUT2D eigenvalue weighted by Gasteiger charge is 2.34. The van der Waals surface area contributed by atoms with E-state index < -0.39 is 60.1 Å². The van der Waals surface area contributed by atoms with Crippen LogP contribution in [0.5, 0.6) is 5.75 Å². The number of aliphatic carboxylic acids is 2. The maximum atomic E-state index is 13.5. The first-order valence-corrected chi connectivity index (χ1v) is 18.0. The number of carboxylic acids is 2. The van der Waals surface area contributed by atoms with Gasteiger partial charge in [-0.05, 0) is 69.5 Å². The van der Waals surface area contributed by atoms with E-state index >= 15 is 0 Å². The van der Waals surface area contributed by atoms with Crippen LogP contribution in [0.1, 0.15) is 102 Å². The molecule has 16 nitrogen and oxygen atoms in total. The minimum absolute atomic E-state index is 0.0448. The molecule has 1 aromatic heterocycles. The van der Waals surface area contributed by atoms with E-state index in [9.17, 15) is 38.7 Å². The van der Waals surface area contributed by atoms with Crippen molar-refractivity contribution in [2.24, 2.45) is 5.92 Å². The lowest BCUT2D eigenvalue weighted by molar-refractivity contribution is -0.171. The number of carboxylic acid groups (broad SMARTS) is 2. The van der Waals surface area contributed by atoms with Crippen LogP contribution >= 0.6 is 0 Å². The standard InChI is InChI=1S/C39H48N4O12/c1-6-9-10-11-27(30(7-2)43(22-44)55-39(52)26-14-12-23(4)18-24(26)5)35(47)40-21-41-37(49)32-17-16-31(54-32)25-13-15-28(33(19-25)53-8-3)36(48)42-29(38(50)51)20-34(45)46/h12-19,22,27,29-30H,6-11,20-21H2,1-5H3,(H,40,47)(H,41,49)(H,42,48)(H,45,46)(H,50,51)/t27-,29+,30-/m1/s1. The van der Waals surface area contributed by atoms with Crippen LogP contribution in [0, 0.1) is 19.8 Å². The molecule has 0 fully saturated rings. The van der Waals surface area contributed by atoms with Gasteiger partial charge in [-0.3, -0.25) is 24.0 Å². The summed E-state index contributed by atoms with van der Waals surface area (Å²) in [6.45, 7) is 8.98. The summed E-state index contributed by atoms with van der Waals surface area (Å²) in [6.07, 6.45) is 2.66. The number of hydroxylamine groups is 2. The lowest BCUT2D eigenvalue weighted by atomic mass is 9.90. The van der Waals surface area contributed by atoms with Gasteiger partial charge in [0.05, 0.1) is 42.8 Å². The predicted octanol–water partition coefficient (Wildman–Crippen LogP) is 4.63. The average Bonchev–Trinajstić information content (AvgIpc) is 3.64. The number of hydrogen-bond donors (Lipinski definition) is 5. The van der Waals surface area contributed by atoms with Gasteiger partial charge in [-0.25, -0.2) is 9.59 Å². The Morgan fingerprint density at radius 3 is 2.24 bits per heavy atom. The quantitative estimate of drug-likeness (QED) is 0.0408. The number of ether oxygens (including phenoxy) is 1. The van der Waals surface area contributed by atoms with Crippen LogP contribution in [-0.2, 0) is 24.0 Å². The largest absolute Gasteiger partial charge is 0.493 e. The zero-order chi connectivity index (χ0) is 40.7. The van der Waals surface area contributed by atoms with Gasteiger partial charge in [-0.1, -0.05) is 56.9 Å². The van der Waals surface area contributed by atoms with E-state index in [-0.39, 0.29) is 36.1 Å². The van der Waals surface area contributed by atoms with Crippen LogP contribution in [0.15, 0.2) is 52.9 Å². The van der Waals surface area contributed by atoms with Gasteiger partial charge in [0, 0.05) is 5.56 Å². The molecule has 0 aliphatic carbocycles. The molecule has 0 radical (unpaired) electrons. The van der Waals surface area contributed by atoms with Crippen molar-refractivity contribution in [3.05, 3.63) is 76.5 Å². The summed E-state index contributed by atoms with van der Waals surface area (Å²) in [5.74, 6) is -6.19. The molecule has 0 unspecified atom stereocenters. The molecule has 0 aliphatic heterocycles. The molecule has 4 amide bonds. The average molecular weight is 765 g/mol. The fraction of sp³-hybridized carbons (Fsp3) is 0.410. The van der Waals surface area contributed by atoms with E-state index in [1.165, 1.54) is 30.3 Å². The van der Waals surface area contributed by atoms with Gasteiger partial charge in [-0.15, -0.1) is 0 Å². The Morgan fingerprint density at radius 1 is 0.891 bits per heavy atom. The van der Waals surface area contributed by atoms with E-state index in [2.05, 4.69) is 16.0 Å². The van der Waals surface area contributed by atoms with Crippen molar-refractivity contribution >= 4 is 42.0 Å². The van der Waals surface area contributed by atoms with Gasteiger partial charge in [0.15, 0.2) is 5.76 Å². The summed E-state index contributed by atoms with van der Waals surface area (Å²) in [7, 11) is 0. The highest BCUT2D eigenvalue weighted by Crippen LogP contribution is 2.29. The summed E-state index contributed by atoms with van der Waals surface area (Å²) in [4.78, 5) is 92.7. The van der Waals surface area contributed by atoms with Crippen molar-refractivity contribution in [2.45, 2.75) is 85.2 Å². The van der Waals surface area contributed by atoms with Crippen molar-refractivity contribution < 1.29 is 57.8 Å². The summed E-state index contributed by atoms with van der Waals surface area (Å²) < 4.78 is 11.3. The predicted molar refractivity (Wildman–Crippen MR) is 198 cm³/mol.